The Hall–Kier alpha value is -0.0800. The third-order valence-corrected chi connectivity index (χ3v) is 2.55. The lowest BCUT2D eigenvalue weighted by Gasteiger charge is -2.38. The van der Waals surface area contributed by atoms with E-state index in [1.165, 1.54) is 0 Å². The Balaban J connectivity index is 2.46. The van der Waals surface area contributed by atoms with Crippen LogP contribution in [0.3, 0.4) is 0 Å². The summed E-state index contributed by atoms with van der Waals surface area (Å²) in [6.45, 7) is 8.89. The highest BCUT2D eigenvalue weighted by molar-refractivity contribution is 4.89. The minimum atomic E-state index is 0.603. The minimum absolute atomic E-state index is 0.603. The zero-order valence-corrected chi connectivity index (χ0v) is 7.31. The van der Waals surface area contributed by atoms with Crippen molar-refractivity contribution in [2.24, 2.45) is 0 Å². The van der Waals surface area contributed by atoms with E-state index in [-0.39, 0.29) is 0 Å². The Morgan fingerprint density at radius 1 is 0.600 bits per heavy atom. The van der Waals surface area contributed by atoms with Crippen LogP contribution in [0.4, 0.5) is 0 Å². The van der Waals surface area contributed by atoms with Crippen LogP contribution < -0.4 is 10.6 Å². The summed E-state index contributed by atoms with van der Waals surface area (Å²) in [6, 6.07) is 2.41. The van der Waals surface area contributed by atoms with Crippen molar-refractivity contribution in [3.8, 4) is 0 Å². The average Bonchev–Trinajstić information content (AvgIpc) is 1.84. The van der Waals surface area contributed by atoms with Crippen molar-refractivity contribution < 1.29 is 0 Å². The first-order valence-corrected chi connectivity index (χ1v) is 4.13. The van der Waals surface area contributed by atoms with Crippen molar-refractivity contribution >= 4 is 0 Å². The summed E-state index contributed by atoms with van der Waals surface area (Å²) in [5, 5.41) is 7.03. The summed E-state index contributed by atoms with van der Waals surface area (Å²) in [5.74, 6) is 0. The topological polar surface area (TPSA) is 24.1 Å². The molecule has 1 heterocycles. The molecule has 1 saturated heterocycles. The molecule has 1 aliphatic rings. The van der Waals surface area contributed by atoms with Crippen LogP contribution in [0, 0.1) is 0 Å². The molecule has 10 heavy (non-hydrogen) atoms. The molecular formula is C8H18N2. The van der Waals surface area contributed by atoms with Crippen molar-refractivity contribution in [2.45, 2.75) is 51.9 Å². The fourth-order valence-electron chi connectivity index (χ4n) is 1.41. The van der Waals surface area contributed by atoms with Crippen LogP contribution in [-0.4, -0.2) is 24.2 Å². The van der Waals surface area contributed by atoms with E-state index < -0.39 is 0 Å². The van der Waals surface area contributed by atoms with Gasteiger partial charge in [0.05, 0.1) is 0 Å². The fourth-order valence-corrected chi connectivity index (χ4v) is 1.41. The van der Waals surface area contributed by atoms with Crippen molar-refractivity contribution in [2.75, 3.05) is 0 Å². The average molecular weight is 142 g/mol. The molecule has 1 rings (SSSR count). The second-order valence-electron chi connectivity index (χ2n) is 3.49. The van der Waals surface area contributed by atoms with Crippen LogP contribution in [0.1, 0.15) is 27.7 Å². The van der Waals surface area contributed by atoms with Crippen LogP contribution in [0.2, 0.25) is 0 Å². The van der Waals surface area contributed by atoms with E-state index in [0.29, 0.717) is 24.2 Å². The van der Waals surface area contributed by atoms with Gasteiger partial charge >= 0.3 is 0 Å². The lowest BCUT2D eigenvalue weighted by molar-refractivity contribution is 0.250. The molecule has 0 aliphatic carbocycles. The molecule has 0 saturated carbocycles. The highest BCUT2D eigenvalue weighted by Crippen LogP contribution is 2.05. The molecule has 0 spiro atoms. The minimum Gasteiger partial charge on any atom is -0.309 e. The standard InChI is InChI=1S/C8H18N2/c1-5-6(2)10-8(4)7(3)9-5/h5-10H,1-4H3/t5-,6-,7-,8+/m0/s1. The molecule has 0 aromatic carbocycles. The first-order valence-electron chi connectivity index (χ1n) is 4.13. The molecule has 2 N–H and O–H groups in total. The Labute approximate surface area is 63.4 Å². The zero-order chi connectivity index (χ0) is 7.72. The third kappa shape index (κ3) is 1.50. The molecule has 2 nitrogen and oxygen atoms in total. The van der Waals surface area contributed by atoms with E-state index in [1.54, 1.807) is 0 Å². The summed E-state index contributed by atoms with van der Waals surface area (Å²) in [7, 11) is 0. The van der Waals surface area contributed by atoms with Gasteiger partial charge in [0.15, 0.2) is 0 Å². The molecule has 0 aromatic rings. The quantitative estimate of drug-likeness (QED) is 0.521. The first kappa shape index (κ1) is 8.02. The van der Waals surface area contributed by atoms with Gasteiger partial charge in [0, 0.05) is 24.2 Å². The predicted molar refractivity (Wildman–Crippen MR) is 44.1 cm³/mol. The van der Waals surface area contributed by atoms with Gasteiger partial charge in [0.2, 0.25) is 0 Å². The largest absolute Gasteiger partial charge is 0.309 e. The lowest BCUT2D eigenvalue weighted by Crippen LogP contribution is -2.62. The summed E-state index contributed by atoms with van der Waals surface area (Å²) >= 11 is 0. The van der Waals surface area contributed by atoms with Gasteiger partial charge in [0.1, 0.15) is 0 Å². The summed E-state index contributed by atoms with van der Waals surface area (Å²) < 4.78 is 0. The van der Waals surface area contributed by atoms with Gasteiger partial charge in [-0.2, -0.15) is 0 Å². The van der Waals surface area contributed by atoms with Crippen molar-refractivity contribution in [3.63, 3.8) is 0 Å². The van der Waals surface area contributed by atoms with Gasteiger partial charge in [0.25, 0.3) is 0 Å². The zero-order valence-electron chi connectivity index (χ0n) is 7.31. The van der Waals surface area contributed by atoms with Crippen molar-refractivity contribution in [1.29, 1.82) is 0 Å². The molecular weight excluding hydrogens is 124 g/mol. The molecule has 0 aromatic heterocycles. The maximum absolute atomic E-state index is 3.52. The molecule has 1 fully saturated rings. The second-order valence-corrected chi connectivity index (χ2v) is 3.49. The summed E-state index contributed by atoms with van der Waals surface area (Å²) in [4.78, 5) is 0. The predicted octanol–water partition coefficient (Wildman–Crippen LogP) is 0.733. The van der Waals surface area contributed by atoms with Crippen LogP contribution in [0.5, 0.6) is 0 Å². The molecule has 60 valence electrons. The summed E-state index contributed by atoms with van der Waals surface area (Å²) in [5.41, 5.74) is 0. The Morgan fingerprint density at radius 2 is 0.800 bits per heavy atom. The van der Waals surface area contributed by atoms with Gasteiger partial charge in [-0.3, -0.25) is 0 Å². The maximum atomic E-state index is 3.52. The second kappa shape index (κ2) is 2.89. The number of rotatable bonds is 0. The Kier molecular flexibility index (Phi) is 2.32. The van der Waals surface area contributed by atoms with E-state index in [1.807, 2.05) is 0 Å². The Morgan fingerprint density at radius 3 is 1.00 bits per heavy atom. The van der Waals surface area contributed by atoms with Crippen molar-refractivity contribution in [1.82, 2.24) is 10.6 Å². The molecule has 0 bridgehead atoms. The first-order chi connectivity index (χ1) is 4.61. The van der Waals surface area contributed by atoms with E-state index in [2.05, 4.69) is 38.3 Å². The molecule has 0 amide bonds. The van der Waals surface area contributed by atoms with E-state index >= 15 is 0 Å². The summed E-state index contributed by atoms with van der Waals surface area (Å²) in [6.07, 6.45) is 0. The molecule has 1 aliphatic heterocycles. The lowest BCUT2D eigenvalue weighted by atomic mass is 10.0. The van der Waals surface area contributed by atoms with E-state index in [0.717, 1.165) is 0 Å². The van der Waals surface area contributed by atoms with Crippen molar-refractivity contribution in [3.05, 3.63) is 0 Å². The van der Waals surface area contributed by atoms with Crippen LogP contribution in [0.15, 0.2) is 0 Å². The number of piperazine rings is 1. The van der Waals surface area contributed by atoms with E-state index in [9.17, 15) is 0 Å². The van der Waals surface area contributed by atoms with E-state index in [4.69, 9.17) is 0 Å². The third-order valence-electron chi connectivity index (χ3n) is 2.55. The van der Waals surface area contributed by atoms with Gasteiger partial charge in [-0.15, -0.1) is 0 Å². The van der Waals surface area contributed by atoms with Gasteiger partial charge in [-0.1, -0.05) is 0 Å². The smallest absolute Gasteiger partial charge is 0.0193 e. The normalized spacial score (nSPS) is 49.2. The SMILES string of the molecule is C[C@@H]1N[C@@H](C)[C@@H](C)N[C@H]1C. The Bertz CT molecular complexity index is 87.8. The monoisotopic (exact) mass is 142 g/mol. The molecule has 2 heteroatoms. The van der Waals surface area contributed by atoms with Crippen LogP contribution in [-0.2, 0) is 0 Å². The number of nitrogens with one attached hydrogen (secondary N) is 2. The molecule has 0 radical (unpaired) electrons. The van der Waals surface area contributed by atoms with Gasteiger partial charge in [-0.05, 0) is 27.7 Å². The van der Waals surface area contributed by atoms with Crippen LogP contribution >= 0.6 is 0 Å². The number of hydrogen-bond donors (Lipinski definition) is 2. The molecule has 4 atom stereocenters. The van der Waals surface area contributed by atoms with Gasteiger partial charge < -0.3 is 10.6 Å². The highest BCUT2D eigenvalue weighted by atomic mass is 15.1. The highest BCUT2D eigenvalue weighted by Gasteiger charge is 2.25. The maximum Gasteiger partial charge on any atom is 0.0193 e. The number of hydrogen-bond acceptors (Lipinski definition) is 2. The fraction of sp³-hybridized carbons (Fsp3) is 1.00. The molecule has 0 unspecified atom stereocenters. The van der Waals surface area contributed by atoms with Gasteiger partial charge in [-0.25, -0.2) is 0 Å². The van der Waals surface area contributed by atoms with Crippen LogP contribution in [0.25, 0.3) is 0 Å².